The maximum Gasteiger partial charge on any atom is 0.254 e. The summed E-state index contributed by atoms with van der Waals surface area (Å²) in [5.41, 5.74) is 3.78. The second-order valence-corrected chi connectivity index (χ2v) is 8.85. The number of aromatic nitrogens is 2. The first-order valence-corrected chi connectivity index (χ1v) is 11.0. The predicted molar refractivity (Wildman–Crippen MR) is 122 cm³/mol. The van der Waals surface area contributed by atoms with Crippen molar-refractivity contribution in [3.63, 3.8) is 0 Å². The first-order valence-electron chi connectivity index (χ1n) is 11.0. The third kappa shape index (κ3) is 4.07. The molecule has 1 atom stereocenters. The molecule has 2 heterocycles. The maximum absolute atomic E-state index is 12.9. The minimum absolute atomic E-state index is 0.00501. The average Bonchev–Trinajstić information content (AvgIpc) is 3.28. The van der Waals surface area contributed by atoms with Crippen LogP contribution in [0.15, 0.2) is 48.5 Å². The molecule has 1 aliphatic heterocycles. The molecule has 0 aliphatic carbocycles. The highest BCUT2D eigenvalue weighted by atomic mass is 16.2. The third-order valence-electron chi connectivity index (χ3n) is 5.91. The Labute approximate surface area is 183 Å². The van der Waals surface area contributed by atoms with Crippen molar-refractivity contribution in [1.29, 1.82) is 0 Å². The first-order chi connectivity index (χ1) is 14.9. The molecule has 0 saturated carbocycles. The molecule has 0 fully saturated rings. The molecular formula is C25H30N4O2. The van der Waals surface area contributed by atoms with E-state index < -0.39 is 0 Å². The van der Waals surface area contributed by atoms with Gasteiger partial charge in [-0.3, -0.25) is 9.59 Å². The second kappa shape index (κ2) is 8.53. The van der Waals surface area contributed by atoms with Gasteiger partial charge in [-0.05, 0) is 43.5 Å². The van der Waals surface area contributed by atoms with E-state index in [1.54, 1.807) is 4.90 Å². The lowest BCUT2D eigenvalue weighted by atomic mass is 10.0. The van der Waals surface area contributed by atoms with Crippen molar-refractivity contribution in [3.8, 4) is 0 Å². The van der Waals surface area contributed by atoms with Crippen LogP contribution in [0.3, 0.4) is 0 Å². The predicted octanol–water partition coefficient (Wildman–Crippen LogP) is 4.48. The molecule has 0 radical (unpaired) electrons. The van der Waals surface area contributed by atoms with E-state index in [4.69, 9.17) is 4.98 Å². The zero-order valence-corrected chi connectivity index (χ0v) is 18.6. The lowest BCUT2D eigenvalue weighted by Crippen LogP contribution is -2.36. The van der Waals surface area contributed by atoms with Gasteiger partial charge in [0.05, 0.1) is 17.1 Å². The lowest BCUT2D eigenvalue weighted by molar-refractivity contribution is -0.122. The number of benzene rings is 2. The summed E-state index contributed by atoms with van der Waals surface area (Å²) in [6, 6.07) is 15.7. The SMILES string of the molecule is CC(C)[C@H](NC(=O)CCN1Cc2ccccc2C1=O)c1nc2ccccc2n1C(C)C. The molecular weight excluding hydrogens is 388 g/mol. The van der Waals surface area contributed by atoms with Crippen LogP contribution in [0.25, 0.3) is 11.0 Å². The van der Waals surface area contributed by atoms with Crippen LogP contribution in [0.2, 0.25) is 0 Å². The van der Waals surface area contributed by atoms with Crippen molar-refractivity contribution < 1.29 is 9.59 Å². The molecule has 0 unspecified atom stereocenters. The molecule has 6 nitrogen and oxygen atoms in total. The number of carbonyl (C=O) groups is 2. The Balaban J connectivity index is 1.48. The van der Waals surface area contributed by atoms with Gasteiger partial charge in [0.2, 0.25) is 5.91 Å². The lowest BCUT2D eigenvalue weighted by Gasteiger charge is -2.25. The number of amides is 2. The molecule has 2 amide bonds. The number of nitrogens with zero attached hydrogens (tertiary/aromatic N) is 3. The van der Waals surface area contributed by atoms with E-state index in [2.05, 4.69) is 43.6 Å². The number of para-hydroxylation sites is 2. The molecule has 0 saturated heterocycles. The number of fused-ring (bicyclic) bond motifs is 2. The molecule has 4 rings (SSSR count). The van der Waals surface area contributed by atoms with E-state index in [1.165, 1.54) is 0 Å². The smallest absolute Gasteiger partial charge is 0.254 e. The normalized spacial score (nSPS) is 14.5. The van der Waals surface area contributed by atoms with Crippen LogP contribution in [0, 0.1) is 5.92 Å². The Hall–Kier alpha value is -3.15. The van der Waals surface area contributed by atoms with Gasteiger partial charge in [0.15, 0.2) is 0 Å². The standard InChI is InChI=1S/C25H30N4O2/c1-16(2)23(24-26-20-11-7-8-12-21(20)29(24)17(3)4)27-22(30)13-14-28-15-18-9-5-6-10-19(18)25(28)31/h5-12,16-17,23H,13-15H2,1-4H3,(H,27,30)/t23-/m0/s1. The Morgan fingerprint density at radius 2 is 1.77 bits per heavy atom. The maximum atomic E-state index is 12.9. The molecule has 0 bridgehead atoms. The van der Waals surface area contributed by atoms with Gasteiger partial charge in [-0.15, -0.1) is 0 Å². The van der Waals surface area contributed by atoms with E-state index >= 15 is 0 Å². The summed E-state index contributed by atoms with van der Waals surface area (Å²) in [6.07, 6.45) is 0.269. The fourth-order valence-corrected chi connectivity index (χ4v) is 4.33. The highest BCUT2D eigenvalue weighted by molar-refractivity contribution is 5.98. The summed E-state index contributed by atoms with van der Waals surface area (Å²) in [5, 5.41) is 3.19. The fourth-order valence-electron chi connectivity index (χ4n) is 4.33. The van der Waals surface area contributed by atoms with E-state index in [0.717, 1.165) is 28.0 Å². The number of hydrogen-bond donors (Lipinski definition) is 1. The van der Waals surface area contributed by atoms with Crippen LogP contribution in [0.1, 0.15) is 67.9 Å². The van der Waals surface area contributed by atoms with Crippen LogP contribution in [0.4, 0.5) is 0 Å². The minimum Gasteiger partial charge on any atom is -0.346 e. The zero-order chi connectivity index (χ0) is 22.1. The molecule has 1 aliphatic rings. The van der Waals surface area contributed by atoms with Crippen molar-refractivity contribution in [2.45, 2.75) is 52.7 Å². The molecule has 31 heavy (non-hydrogen) atoms. The van der Waals surface area contributed by atoms with Gasteiger partial charge in [-0.25, -0.2) is 4.98 Å². The van der Waals surface area contributed by atoms with Crippen molar-refractivity contribution >= 4 is 22.8 Å². The number of nitrogens with one attached hydrogen (secondary N) is 1. The number of carbonyl (C=O) groups excluding carboxylic acids is 2. The van der Waals surface area contributed by atoms with E-state index in [-0.39, 0.29) is 36.2 Å². The first kappa shape index (κ1) is 21.1. The van der Waals surface area contributed by atoms with Crippen molar-refractivity contribution in [1.82, 2.24) is 19.8 Å². The summed E-state index contributed by atoms with van der Waals surface area (Å²) < 4.78 is 2.21. The Bertz CT molecular complexity index is 1120. The van der Waals surface area contributed by atoms with Crippen molar-refractivity contribution in [2.75, 3.05) is 6.54 Å². The van der Waals surface area contributed by atoms with E-state index in [0.29, 0.717) is 13.1 Å². The van der Waals surface area contributed by atoms with Gasteiger partial charge in [0, 0.05) is 31.1 Å². The van der Waals surface area contributed by atoms with Gasteiger partial charge in [-0.1, -0.05) is 44.2 Å². The third-order valence-corrected chi connectivity index (χ3v) is 5.91. The fraction of sp³-hybridized carbons (Fsp3) is 0.400. The molecule has 1 aromatic heterocycles. The topological polar surface area (TPSA) is 67.2 Å². The summed E-state index contributed by atoms with van der Waals surface area (Å²) >= 11 is 0. The van der Waals surface area contributed by atoms with Gasteiger partial charge in [-0.2, -0.15) is 0 Å². The Morgan fingerprint density at radius 3 is 2.48 bits per heavy atom. The summed E-state index contributed by atoms with van der Waals surface area (Å²) in [6.45, 7) is 9.43. The largest absolute Gasteiger partial charge is 0.346 e. The molecule has 3 aromatic rings. The number of imidazole rings is 1. The molecule has 162 valence electrons. The molecule has 1 N–H and O–H groups in total. The second-order valence-electron chi connectivity index (χ2n) is 8.85. The van der Waals surface area contributed by atoms with Gasteiger partial charge in [0.25, 0.3) is 5.91 Å². The Morgan fingerprint density at radius 1 is 1.06 bits per heavy atom. The summed E-state index contributed by atoms with van der Waals surface area (Å²) in [7, 11) is 0. The monoisotopic (exact) mass is 418 g/mol. The van der Waals surface area contributed by atoms with Crippen LogP contribution in [-0.2, 0) is 11.3 Å². The van der Waals surface area contributed by atoms with Crippen molar-refractivity contribution in [3.05, 3.63) is 65.5 Å². The van der Waals surface area contributed by atoms with Crippen LogP contribution in [-0.4, -0.2) is 32.8 Å². The summed E-state index contributed by atoms with van der Waals surface area (Å²) in [4.78, 5) is 32.1. The molecule has 0 spiro atoms. The van der Waals surface area contributed by atoms with Crippen molar-refractivity contribution in [2.24, 2.45) is 5.92 Å². The van der Waals surface area contributed by atoms with Gasteiger partial charge in [0.1, 0.15) is 5.82 Å². The van der Waals surface area contributed by atoms with E-state index in [9.17, 15) is 9.59 Å². The number of rotatable bonds is 7. The van der Waals surface area contributed by atoms with E-state index in [1.807, 2.05) is 42.5 Å². The molecule has 2 aromatic carbocycles. The number of hydrogen-bond acceptors (Lipinski definition) is 3. The minimum atomic E-state index is -0.200. The van der Waals surface area contributed by atoms with Crippen LogP contribution < -0.4 is 5.32 Å². The van der Waals surface area contributed by atoms with Gasteiger partial charge >= 0.3 is 0 Å². The highest BCUT2D eigenvalue weighted by Gasteiger charge is 2.29. The molecule has 6 heteroatoms. The Kier molecular flexibility index (Phi) is 5.81. The quantitative estimate of drug-likeness (QED) is 0.615. The average molecular weight is 419 g/mol. The highest BCUT2D eigenvalue weighted by Crippen LogP contribution is 2.29. The zero-order valence-electron chi connectivity index (χ0n) is 18.6. The van der Waals surface area contributed by atoms with Gasteiger partial charge < -0.3 is 14.8 Å². The summed E-state index contributed by atoms with van der Waals surface area (Å²) in [5.74, 6) is 0.996. The van der Waals surface area contributed by atoms with Crippen LogP contribution >= 0.6 is 0 Å². The van der Waals surface area contributed by atoms with Crippen LogP contribution in [0.5, 0.6) is 0 Å².